The maximum absolute atomic E-state index is 12.0. The molecule has 1 aliphatic rings. The number of sulfonamides is 1. The Hall–Kier alpha value is -1.05. The van der Waals surface area contributed by atoms with Gasteiger partial charge in [-0.1, -0.05) is 12.5 Å². The molecule has 1 unspecified atom stereocenters. The standard InChI is InChI=1S/C12H16N2O3S2/c13-19(16,17)10-5-3-4-9(8-10)14-12(15)11-6-1-2-7-18-11/h3-5,8,11H,1-2,6-7H2,(H,14,15)(H2,13,16,17). The van der Waals surface area contributed by atoms with Crippen LogP contribution in [0.5, 0.6) is 0 Å². The average molecular weight is 300 g/mol. The molecule has 1 heterocycles. The summed E-state index contributed by atoms with van der Waals surface area (Å²) in [6.45, 7) is 0. The lowest BCUT2D eigenvalue weighted by atomic mass is 10.2. The molecule has 0 aliphatic carbocycles. The Morgan fingerprint density at radius 2 is 2.16 bits per heavy atom. The molecule has 1 aromatic rings. The molecule has 0 bridgehead atoms. The fourth-order valence-electron chi connectivity index (χ4n) is 1.92. The first kappa shape index (κ1) is 14.4. The third kappa shape index (κ3) is 3.95. The van der Waals surface area contributed by atoms with Crippen LogP contribution in [0.1, 0.15) is 19.3 Å². The van der Waals surface area contributed by atoms with Gasteiger partial charge in [0.1, 0.15) is 0 Å². The molecule has 0 radical (unpaired) electrons. The van der Waals surface area contributed by atoms with E-state index in [1.54, 1.807) is 23.9 Å². The molecule has 1 aliphatic heterocycles. The molecular weight excluding hydrogens is 284 g/mol. The van der Waals surface area contributed by atoms with Crippen LogP contribution in [0.15, 0.2) is 29.2 Å². The summed E-state index contributed by atoms with van der Waals surface area (Å²) in [4.78, 5) is 12.0. The topological polar surface area (TPSA) is 89.3 Å². The van der Waals surface area contributed by atoms with Gasteiger partial charge in [0.2, 0.25) is 15.9 Å². The number of amides is 1. The number of carbonyl (C=O) groups excluding carboxylic acids is 1. The summed E-state index contributed by atoms with van der Waals surface area (Å²) in [6, 6.07) is 5.99. The Morgan fingerprint density at radius 3 is 2.79 bits per heavy atom. The molecule has 1 amide bonds. The number of nitrogens with one attached hydrogen (secondary N) is 1. The molecule has 0 spiro atoms. The Morgan fingerprint density at radius 1 is 1.37 bits per heavy atom. The van der Waals surface area contributed by atoms with Crippen molar-refractivity contribution in [1.82, 2.24) is 0 Å². The van der Waals surface area contributed by atoms with Crippen LogP contribution in [-0.2, 0) is 14.8 Å². The first-order valence-electron chi connectivity index (χ1n) is 6.02. The molecule has 0 saturated carbocycles. The van der Waals surface area contributed by atoms with Crippen molar-refractivity contribution < 1.29 is 13.2 Å². The third-order valence-corrected chi connectivity index (χ3v) is 5.19. The summed E-state index contributed by atoms with van der Waals surface area (Å²) in [5, 5.41) is 7.75. The zero-order valence-electron chi connectivity index (χ0n) is 10.3. The third-order valence-electron chi connectivity index (χ3n) is 2.90. The summed E-state index contributed by atoms with van der Waals surface area (Å²) in [5.74, 6) is 0.922. The van der Waals surface area contributed by atoms with Gasteiger partial charge in [-0.15, -0.1) is 11.8 Å². The number of benzene rings is 1. The highest BCUT2D eigenvalue weighted by Gasteiger charge is 2.22. The quantitative estimate of drug-likeness (QED) is 0.886. The van der Waals surface area contributed by atoms with E-state index >= 15 is 0 Å². The Balaban J connectivity index is 2.08. The van der Waals surface area contributed by atoms with Crippen molar-refractivity contribution in [3.8, 4) is 0 Å². The number of nitrogens with two attached hydrogens (primary N) is 1. The largest absolute Gasteiger partial charge is 0.325 e. The van der Waals surface area contributed by atoms with Crippen molar-refractivity contribution in [3.05, 3.63) is 24.3 Å². The highest BCUT2D eigenvalue weighted by Crippen LogP contribution is 2.26. The fourth-order valence-corrected chi connectivity index (χ4v) is 3.68. The van der Waals surface area contributed by atoms with Gasteiger partial charge in [-0.2, -0.15) is 0 Å². The second-order valence-electron chi connectivity index (χ2n) is 4.42. The molecule has 1 atom stereocenters. The molecule has 7 heteroatoms. The molecule has 19 heavy (non-hydrogen) atoms. The summed E-state index contributed by atoms with van der Waals surface area (Å²) in [6.07, 6.45) is 3.07. The monoisotopic (exact) mass is 300 g/mol. The molecule has 5 nitrogen and oxygen atoms in total. The van der Waals surface area contributed by atoms with Crippen LogP contribution < -0.4 is 10.5 Å². The number of rotatable bonds is 3. The van der Waals surface area contributed by atoms with Crippen molar-refractivity contribution >= 4 is 33.4 Å². The number of hydrogen-bond acceptors (Lipinski definition) is 4. The van der Waals surface area contributed by atoms with Crippen molar-refractivity contribution in [2.75, 3.05) is 11.1 Å². The van der Waals surface area contributed by atoms with E-state index in [0.29, 0.717) is 5.69 Å². The molecule has 0 aromatic heterocycles. The van der Waals surface area contributed by atoms with Crippen molar-refractivity contribution in [3.63, 3.8) is 0 Å². The summed E-state index contributed by atoms with van der Waals surface area (Å²) in [5.41, 5.74) is 0.461. The van der Waals surface area contributed by atoms with Crippen LogP contribution in [-0.4, -0.2) is 25.3 Å². The predicted molar refractivity (Wildman–Crippen MR) is 76.5 cm³/mol. The van der Waals surface area contributed by atoms with E-state index in [-0.39, 0.29) is 16.1 Å². The number of primary sulfonamides is 1. The van der Waals surface area contributed by atoms with Crippen LogP contribution in [0, 0.1) is 0 Å². The van der Waals surface area contributed by atoms with E-state index in [1.807, 2.05) is 0 Å². The van der Waals surface area contributed by atoms with Gasteiger partial charge in [0.05, 0.1) is 10.1 Å². The molecular formula is C12H16N2O3S2. The van der Waals surface area contributed by atoms with Crippen LogP contribution >= 0.6 is 11.8 Å². The highest BCUT2D eigenvalue weighted by molar-refractivity contribution is 8.00. The smallest absolute Gasteiger partial charge is 0.238 e. The maximum atomic E-state index is 12.0. The molecule has 104 valence electrons. The summed E-state index contributed by atoms with van der Waals surface area (Å²) >= 11 is 1.65. The first-order chi connectivity index (χ1) is 8.97. The number of carbonyl (C=O) groups is 1. The zero-order valence-corrected chi connectivity index (χ0v) is 12.0. The average Bonchev–Trinajstić information content (AvgIpc) is 2.39. The zero-order chi connectivity index (χ0) is 13.9. The van der Waals surface area contributed by atoms with Crippen molar-refractivity contribution in [1.29, 1.82) is 0 Å². The maximum Gasteiger partial charge on any atom is 0.238 e. The predicted octanol–water partition coefficient (Wildman–Crippen LogP) is 1.56. The van der Waals surface area contributed by atoms with Gasteiger partial charge in [0, 0.05) is 5.69 Å². The molecule has 3 N–H and O–H groups in total. The van der Waals surface area contributed by atoms with E-state index < -0.39 is 10.0 Å². The summed E-state index contributed by atoms with van der Waals surface area (Å²) in [7, 11) is -3.74. The van der Waals surface area contributed by atoms with E-state index in [1.165, 1.54) is 12.1 Å². The summed E-state index contributed by atoms with van der Waals surface area (Å²) < 4.78 is 22.5. The van der Waals surface area contributed by atoms with E-state index in [4.69, 9.17) is 5.14 Å². The van der Waals surface area contributed by atoms with Gasteiger partial charge in [-0.05, 0) is 36.8 Å². The molecule has 1 fully saturated rings. The van der Waals surface area contributed by atoms with Gasteiger partial charge in [-0.3, -0.25) is 4.79 Å². The van der Waals surface area contributed by atoms with E-state index in [2.05, 4.69) is 5.32 Å². The van der Waals surface area contributed by atoms with Crippen LogP contribution in [0.4, 0.5) is 5.69 Å². The molecule has 1 aromatic carbocycles. The Bertz CT molecular complexity index is 566. The normalized spacial score (nSPS) is 19.9. The minimum Gasteiger partial charge on any atom is -0.325 e. The Labute approximate surface area is 117 Å². The minimum atomic E-state index is -3.74. The second-order valence-corrected chi connectivity index (χ2v) is 7.29. The number of thioether (sulfide) groups is 1. The van der Waals surface area contributed by atoms with E-state index in [9.17, 15) is 13.2 Å². The van der Waals surface area contributed by atoms with Crippen molar-refractivity contribution in [2.45, 2.75) is 29.4 Å². The van der Waals surface area contributed by atoms with Gasteiger partial charge < -0.3 is 5.32 Å². The molecule has 2 rings (SSSR count). The SMILES string of the molecule is NS(=O)(=O)c1cccc(NC(=O)C2CCCCS2)c1. The molecule has 1 saturated heterocycles. The highest BCUT2D eigenvalue weighted by atomic mass is 32.2. The lowest BCUT2D eigenvalue weighted by Gasteiger charge is -2.20. The lowest BCUT2D eigenvalue weighted by Crippen LogP contribution is -2.27. The van der Waals surface area contributed by atoms with Gasteiger partial charge in [0.25, 0.3) is 0 Å². The lowest BCUT2D eigenvalue weighted by molar-refractivity contribution is -0.115. The van der Waals surface area contributed by atoms with Crippen LogP contribution in [0.3, 0.4) is 0 Å². The van der Waals surface area contributed by atoms with Crippen LogP contribution in [0.2, 0.25) is 0 Å². The fraction of sp³-hybridized carbons (Fsp3) is 0.417. The van der Waals surface area contributed by atoms with E-state index in [0.717, 1.165) is 25.0 Å². The van der Waals surface area contributed by atoms with Crippen molar-refractivity contribution in [2.24, 2.45) is 5.14 Å². The van der Waals surface area contributed by atoms with Gasteiger partial charge >= 0.3 is 0 Å². The Kier molecular flexibility index (Phi) is 4.49. The van der Waals surface area contributed by atoms with Gasteiger partial charge in [0.15, 0.2) is 0 Å². The van der Waals surface area contributed by atoms with Crippen LogP contribution in [0.25, 0.3) is 0 Å². The minimum absolute atomic E-state index is 0.00148. The first-order valence-corrected chi connectivity index (χ1v) is 8.62. The second kappa shape index (κ2) is 5.94. The van der Waals surface area contributed by atoms with Gasteiger partial charge in [-0.25, -0.2) is 13.6 Å². The number of anilines is 1. The number of hydrogen-bond donors (Lipinski definition) is 2.